The molecule has 1 aromatic heterocycles. The SMILES string of the molecule is Cl.NCCC(=O)OC[C@H]1CN(c2ccc3cc(-c4ccccc4C(F)(F)F)[nH]c(=O)c3c2)C(=O)O1. The van der Waals surface area contributed by atoms with Crippen LogP contribution in [0.5, 0.6) is 0 Å². The number of nitrogens with two attached hydrogens (primary N) is 1. The van der Waals surface area contributed by atoms with Gasteiger partial charge in [-0.15, -0.1) is 12.4 Å². The molecule has 3 N–H and O–H groups in total. The molecule has 4 rings (SSSR count). The number of nitrogens with one attached hydrogen (secondary N) is 1. The van der Waals surface area contributed by atoms with Gasteiger partial charge in [-0.3, -0.25) is 14.5 Å². The number of anilines is 1. The van der Waals surface area contributed by atoms with Crippen LogP contribution in [-0.4, -0.2) is 42.8 Å². The molecule has 1 amide bonds. The van der Waals surface area contributed by atoms with E-state index >= 15 is 0 Å². The normalized spacial score (nSPS) is 15.6. The van der Waals surface area contributed by atoms with Crippen LogP contribution in [0.3, 0.4) is 0 Å². The molecule has 2 aromatic carbocycles. The van der Waals surface area contributed by atoms with E-state index in [0.29, 0.717) is 11.1 Å². The van der Waals surface area contributed by atoms with Crippen molar-refractivity contribution in [1.29, 1.82) is 0 Å². The number of hydrogen-bond acceptors (Lipinski definition) is 6. The maximum Gasteiger partial charge on any atom is 0.417 e. The molecule has 12 heteroatoms. The number of alkyl halides is 3. The minimum atomic E-state index is -4.59. The monoisotopic (exact) mass is 511 g/mol. The van der Waals surface area contributed by atoms with E-state index in [1.807, 2.05) is 0 Å². The summed E-state index contributed by atoms with van der Waals surface area (Å²) in [6.45, 7) is 0.108. The molecule has 2 heterocycles. The number of hydrogen-bond donors (Lipinski definition) is 2. The Hall–Kier alpha value is -3.57. The maximum atomic E-state index is 13.4. The van der Waals surface area contributed by atoms with Crippen molar-refractivity contribution in [1.82, 2.24) is 4.98 Å². The maximum absolute atomic E-state index is 13.4. The number of aromatic nitrogens is 1. The van der Waals surface area contributed by atoms with Gasteiger partial charge in [0.1, 0.15) is 6.61 Å². The zero-order valence-corrected chi connectivity index (χ0v) is 18.9. The van der Waals surface area contributed by atoms with Gasteiger partial charge in [0.15, 0.2) is 6.10 Å². The zero-order chi connectivity index (χ0) is 24.5. The second kappa shape index (κ2) is 10.4. The predicted molar refractivity (Wildman–Crippen MR) is 125 cm³/mol. The summed E-state index contributed by atoms with van der Waals surface area (Å²) in [5.74, 6) is -0.503. The van der Waals surface area contributed by atoms with E-state index in [9.17, 15) is 27.6 Å². The van der Waals surface area contributed by atoms with Gasteiger partial charge in [-0.1, -0.05) is 24.3 Å². The fraction of sp³-hybridized carbons (Fsp3) is 0.261. The summed E-state index contributed by atoms with van der Waals surface area (Å²) in [7, 11) is 0. The number of H-pyrrole nitrogens is 1. The summed E-state index contributed by atoms with van der Waals surface area (Å²) in [5.41, 5.74) is 4.06. The lowest BCUT2D eigenvalue weighted by atomic mass is 10.0. The third kappa shape index (κ3) is 5.57. The van der Waals surface area contributed by atoms with Crippen molar-refractivity contribution in [2.45, 2.75) is 18.7 Å². The topological polar surface area (TPSA) is 115 Å². The highest BCUT2D eigenvalue weighted by atomic mass is 35.5. The summed E-state index contributed by atoms with van der Waals surface area (Å²) in [6, 6.07) is 11.0. The van der Waals surface area contributed by atoms with Crippen LogP contribution in [0.1, 0.15) is 12.0 Å². The summed E-state index contributed by atoms with van der Waals surface area (Å²) in [6.07, 6.45) is -5.90. The van der Waals surface area contributed by atoms with Gasteiger partial charge in [-0.2, -0.15) is 13.2 Å². The lowest BCUT2D eigenvalue weighted by Gasteiger charge is -2.15. The number of halogens is 4. The number of nitrogens with zero attached hydrogens (tertiary/aromatic N) is 1. The quantitative estimate of drug-likeness (QED) is 0.486. The summed E-state index contributed by atoms with van der Waals surface area (Å²) >= 11 is 0. The first kappa shape index (κ1) is 26.0. The van der Waals surface area contributed by atoms with Crippen LogP contribution in [0.15, 0.2) is 53.3 Å². The highest BCUT2D eigenvalue weighted by Gasteiger charge is 2.34. The highest BCUT2D eigenvalue weighted by molar-refractivity contribution is 5.94. The van der Waals surface area contributed by atoms with Crippen LogP contribution in [0.4, 0.5) is 23.7 Å². The highest BCUT2D eigenvalue weighted by Crippen LogP contribution is 2.36. The van der Waals surface area contributed by atoms with Gasteiger partial charge in [-0.05, 0) is 29.7 Å². The molecule has 1 fully saturated rings. The van der Waals surface area contributed by atoms with Crippen molar-refractivity contribution in [3.63, 3.8) is 0 Å². The Morgan fingerprint density at radius 3 is 2.63 bits per heavy atom. The average Bonchev–Trinajstić information content (AvgIpc) is 3.17. The molecule has 0 spiro atoms. The minimum absolute atomic E-state index is 0. The molecule has 1 aliphatic rings. The number of benzene rings is 2. The van der Waals surface area contributed by atoms with Gasteiger partial charge in [-0.25, -0.2) is 4.79 Å². The molecule has 0 saturated carbocycles. The third-order valence-electron chi connectivity index (χ3n) is 5.32. The Labute approximate surface area is 203 Å². The Balaban J connectivity index is 0.00000342. The van der Waals surface area contributed by atoms with Crippen molar-refractivity contribution in [2.75, 3.05) is 24.6 Å². The van der Waals surface area contributed by atoms with Gasteiger partial charge in [0.25, 0.3) is 5.56 Å². The van der Waals surface area contributed by atoms with E-state index in [1.165, 1.54) is 35.2 Å². The van der Waals surface area contributed by atoms with E-state index in [-0.39, 0.29) is 55.2 Å². The minimum Gasteiger partial charge on any atom is -0.462 e. The zero-order valence-electron chi connectivity index (χ0n) is 18.1. The molecule has 1 saturated heterocycles. The van der Waals surface area contributed by atoms with Crippen LogP contribution in [0.2, 0.25) is 0 Å². The molecular formula is C23H21ClF3N3O5. The molecule has 1 aliphatic heterocycles. The lowest BCUT2D eigenvalue weighted by Crippen LogP contribution is -2.27. The number of cyclic esters (lactones) is 1. The van der Waals surface area contributed by atoms with E-state index in [2.05, 4.69) is 4.98 Å². The summed E-state index contributed by atoms with van der Waals surface area (Å²) < 4.78 is 50.4. The predicted octanol–water partition coefficient (Wildman–Crippen LogP) is 3.85. The van der Waals surface area contributed by atoms with Crippen LogP contribution < -0.4 is 16.2 Å². The standard InChI is InChI=1S/C23H20F3N3O5.ClH/c24-23(25,26)18-4-2-1-3-16(18)19-9-13-5-6-14(10-17(13)21(31)28-19)29-11-15(34-22(29)32)12-33-20(30)7-8-27;/h1-6,9-10,15H,7-8,11-12,27H2,(H,28,31);1H/t15-;/m1./s1. The van der Waals surface area contributed by atoms with Gasteiger partial charge >= 0.3 is 18.2 Å². The molecule has 35 heavy (non-hydrogen) atoms. The van der Waals surface area contributed by atoms with Crippen molar-refractivity contribution in [3.05, 3.63) is 64.4 Å². The number of aromatic amines is 1. The first-order chi connectivity index (χ1) is 16.2. The molecule has 0 radical (unpaired) electrons. The first-order valence-corrected chi connectivity index (χ1v) is 10.3. The first-order valence-electron chi connectivity index (χ1n) is 10.3. The van der Waals surface area contributed by atoms with Crippen LogP contribution in [0, 0.1) is 0 Å². The van der Waals surface area contributed by atoms with Gasteiger partial charge in [0.05, 0.1) is 18.5 Å². The Kier molecular flexibility index (Phi) is 7.71. The molecule has 0 unspecified atom stereocenters. The third-order valence-corrected chi connectivity index (χ3v) is 5.32. The van der Waals surface area contributed by atoms with E-state index < -0.39 is 35.5 Å². The van der Waals surface area contributed by atoms with Crippen molar-refractivity contribution in [3.8, 4) is 11.3 Å². The van der Waals surface area contributed by atoms with Gasteiger partial charge in [0.2, 0.25) is 0 Å². The Morgan fingerprint density at radius 2 is 1.91 bits per heavy atom. The lowest BCUT2D eigenvalue weighted by molar-refractivity contribution is -0.145. The van der Waals surface area contributed by atoms with Crippen molar-refractivity contribution >= 4 is 40.9 Å². The van der Waals surface area contributed by atoms with E-state index in [0.717, 1.165) is 6.07 Å². The number of ether oxygens (including phenoxy) is 2. The summed E-state index contributed by atoms with van der Waals surface area (Å²) in [5, 5.41) is 0.593. The average molecular weight is 512 g/mol. The number of fused-ring (bicyclic) bond motifs is 1. The number of carbonyl (C=O) groups is 2. The number of pyridine rings is 1. The van der Waals surface area contributed by atoms with Crippen LogP contribution >= 0.6 is 12.4 Å². The number of carbonyl (C=O) groups excluding carboxylic acids is 2. The van der Waals surface area contributed by atoms with Crippen molar-refractivity contribution in [2.24, 2.45) is 5.73 Å². The van der Waals surface area contributed by atoms with Crippen molar-refractivity contribution < 1.29 is 32.2 Å². The number of esters is 1. The second-order valence-electron chi connectivity index (χ2n) is 7.67. The fourth-order valence-electron chi connectivity index (χ4n) is 3.72. The summed E-state index contributed by atoms with van der Waals surface area (Å²) in [4.78, 5) is 40.3. The van der Waals surface area contributed by atoms with Crippen LogP contribution in [-0.2, 0) is 20.4 Å². The molecule has 0 aliphatic carbocycles. The fourth-order valence-corrected chi connectivity index (χ4v) is 3.72. The molecule has 1 atom stereocenters. The molecule has 0 bridgehead atoms. The molecule has 3 aromatic rings. The number of rotatable bonds is 6. The molecule has 8 nitrogen and oxygen atoms in total. The second-order valence-corrected chi connectivity index (χ2v) is 7.67. The Bertz CT molecular complexity index is 1310. The smallest absolute Gasteiger partial charge is 0.417 e. The molecular weight excluding hydrogens is 491 g/mol. The molecule has 186 valence electrons. The largest absolute Gasteiger partial charge is 0.462 e. The van der Waals surface area contributed by atoms with E-state index in [4.69, 9.17) is 15.2 Å². The number of amides is 1. The van der Waals surface area contributed by atoms with Crippen LogP contribution in [0.25, 0.3) is 22.0 Å². The van der Waals surface area contributed by atoms with E-state index in [1.54, 1.807) is 12.1 Å². The van der Waals surface area contributed by atoms with Gasteiger partial charge < -0.3 is 20.2 Å². The van der Waals surface area contributed by atoms with Gasteiger partial charge in [0, 0.05) is 28.9 Å². The Morgan fingerprint density at radius 1 is 1.17 bits per heavy atom.